The average Bonchev–Trinajstić information content (AvgIpc) is 3.09. The number of hydrogen-bond donors (Lipinski definition) is 2. The number of carbonyl (C=O) groups excluding carboxylic acids is 1. The first-order chi connectivity index (χ1) is 13.2. The highest BCUT2D eigenvalue weighted by Crippen LogP contribution is 2.23. The zero-order chi connectivity index (χ0) is 20.5. The van der Waals surface area contributed by atoms with E-state index in [0.29, 0.717) is 11.4 Å². The number of para-hydroxylation sites is 2. The maximum atomic E-state index is 12.7. The SMILES string of the molecule is CC(C)[C@H](NC(=O)c1ccc(S(=O)(=O)C(C)C)cc1)c1nc2ccccc2[nH]1. The van der Waals surface area contributed by atoms with E-state index in [-0.39, 0.29) is 22.8 Å². The van der Waals surface area contributed by atoms with Gasteiger partial charge >= 0.3 is 0 Å². The summed E-state index contributed by atoms with van der Waals surface area (Å²) in [7, 11) is -3.36. The Bertz CT molecular complexity index is 1050. The van der Waals surface area contributed by atoms with E-state index in [0.717, 1.165) is 11.0 Å². The van der Waals surface area contributed by atoms with Gasteiger partial charge in [0.25, 0.3) is 5.91 Å². The van der Waals surface area contributed by atoms with Gasteiger partial charge in [-0.2, -0.15) is 0 Å². The summed E-state index contributed by atoms with van der Waals surface area (Å²) in [6.45, 7) is 7.29. The van der Waals surface area contributed by atoms with Crippen LogP contribution < -0.4 is 5.32 Å². The number of nitrogens with zero attached hydrogens (tertiary/aromatic N) is 1. The number of fused-ring (bicyclic) bond motifs is 1. The van der Waals surface area contributed by atoms with Gasteiger partial charge in [-0.25, -0.2) is 13.4 Å². The molecule has 0 aliphatic heterocycles. The molecular formula is C21H25N3O3S. The van der Waals surface area contributed by atoms with Crippen LogP contribution in [-0.4, -0.2) is 29.5 Å². The minimum Gasteiger partial charge on any atom is -0.342 e. The van der Waals surface area contributed by atoms with Gasteiger partial charge in [-0.15, -0.1) is 0 Å². The third-order valence-electron chi connectivity index (χ3n) is 4.72. The van der Waals surface area contributed by atoms with E-state index in [1.54, 1.807) is 26.0 Å². The fourth-order valence-corrected chi connectivity index (χ4v) is 4.02. The van der Waals surface area contributed by atoms with Gasteiger partial charge in [-0.1, -0.05) is 26.0 Å². The lowest BCUT2D eigenvalue weighted by atomic mass is 10.0. The van der Waals surface area contributed by atoms with Crippen LogP contribution in [0.2, 0.25) is 0 Å². The molecule has 1 heterocycles. The van der Waals surface area contributed by atoms with Crippen molar-refractivity contribution in [2.24, 2.45) is 5.92 Å². The van der Waals surface area contributed by atoms with Crippen LogP contribution in [0.1, 0.15) is 49.9 Å². The minimum atomic E-state index is -3.36. The Balaban J connectivity index is 1.83. The molecule has 3 aromatic rings. The number of hydrogen-bond acceptors (Lipinski definition) is 4. The van der Waals surface area contributed by atoms with E-state index in [1.165, 1.54) is 12.1 Å². The van der Waals surface area contributed by atoms with Crippen molar-refractivity contribution in [3.63, 3.8) is 0 Å². The van der Waals surface area contributed by atoms with E-state index < -0.39 is 15.1 Å². The fraction of sp³-hybridized carbons (Fsp3) is 0.333. The van der Waals surface area contributed by atoms with Crippen LogP contribution in [0.4, 0.5) is 0 Å². The molecule has 1 aromatic heterocycles. The van der Waals surface area contributed by atoms with E-state index >= 15 is 0 Å². The number of carbonyl (C=O) groups is 1. The fourth-order valence-electron chi connectivity index (χ4n) is 2.96. The minimum absolute atomic E-state index is 0.116. The second-order valence-electron chi connectivity index (χ2n) is 7.45. The number of benzene rings is 2. The smallest absolute Gasteiger partial charge is 0.251 e. The predicted molar refractivity (Wildman–Crippen MR) is 110 cm³/mol. The van der Waals surface area contributed by atoms with E-state index in [1.807, 2.05) is 38.1 Å². The Labute approximate surface area is 165 Å². The lowest BCUT2D eigenvalue weighted by Gasteiger charge is -2.20. The average molecular weight is 400 g/mol. The van der Waals surface area contributed by atoms with Crippen LogP contribution in [0.15, 0.2) is 53.4 Å². The lowest BCUT2D eigenvalue weighted by molar-refractivity contribution is 0.0923. The van der Waals surface area contributed by atoms with Gasteiger partial charge in [0, 0.05) is 5.56 Å². The van der Waals surface area contributed by atoms with Crippen LogP contribution >= 0.6 is 0 Å². The molecule has 0 fully saturated rings. The van der Waals surface area contributed by atoms with Crippen LogP contribution in [0.5, 0.6) is 0 Å². The summed E-state index contributed by atoms with van der Waals surface area (Å²) in [5.74, 6) is 0.543. The summed E-state index contributed by atoms with van der Waals surface area (Å²) < 4.78 is 24.5. The Morgan fingerprint density at radius 3 is 2.21 bits per heavy atom. The molecule has 3 rings (SSSR count). The standard InChI is InChI=1S/C21H25N3O3S/c1-13(2)19(20-22-17-7-5-6-8-18(17)23-20)24-21(25)15-9-11-16(12-10-15)28(26,27)14(3)4/h5-14,19H,1-4H3,(H,22,23)(H,24,25)/t19-/m0/s1. The highest BCUT2D eigenvalue weighted by Gasteiger charge is 2.23. The Hall–Kier alpha value is -2.67. The number of rotatable bonds is 6. The van der Waals surface area contributed by atoms with Gasteiger partial charge in [0.15, 0.2) is 9.84 Å². The summed E-state index contributed by atoms with van der Waals surface area (Å²) in [5.41, 5.74) is 2.17. The molecule has 148 valence electrons. The lowest BCUT2D eigenvalue weighted by Crippen LogP contribution is -2.32. The molecule has 0 bridgehead atoms. The summed E-state index contributed by atoms with van der Waals surface area (Å²) in [6, 6.07) is 13.5. The molecule has 0 saturated carbocycles. The Morgan fingerprint density at radius 2 is 1.64 bits per heavy atom. The molecular weight excluding hydrogens is 374 g/mol. The van der Waals surface area contributed by atoms with Gasteiger partial charge in [-0.05, 0) is 56.2 Å². The summed E-state index contributed by atoms with van der Waals surface area (Å²) in [5, 5.41) is 2.50. The first kappa shape index (κ1) is 20.1. The topological polar surface area (TPSA) is 91.9 Å². The van der Waals surface area contributed by atoms with Crippen molar-refractivity contribution in [1.29, 1.82) is 0 Å². The summed E-state index contributed by atoms with van der Waals surface area (Å²) in [4.78, 5) is 20.8. The maximum Gasteiger partial charge on any atom is 0.251 e. The molecule has 1 amide bonds. The van der Waals surface area contributed by atoms with Crippen molar-refractivity contribution in [3.05, 3.63) is 59.9 Å². The molecule has 0 unspecified atom stereocenters. The summed E-state index contributed by atoms with van der Waals surface area (Å²) in [6.07, 6.45) is 0. The first-order valence-electron chi connectivity index (χ1n) is 9.29. The molecule has 28 heavy (non-hydrogen) atoms. The molecule has 0 saturated heterocycles. The highest BCUT2D eigenvalue weighted by atomic mass is 32.2. The van der Waals surface area contributed by atoms with Crippen LogP contribution in [0.25, 0.3) is 11.0 Å². The maximum absolute atomic E-state index is 12.7. The monoisotopic (exact) mass is 399 g/mol. The van der Waals surface area contributed by atoms with Crippen molar-refractivity contribution in [2.75, 3.05) is 0 Å². The normalized spacial score (nSPS) is 13.2. The number of aromatic amines is 1. The number of amides is 1. The third-order valence-corrected chi connectivity index (χ3v) is 6.89. The van der Waals surface area contributed by atoms with E-state index in [2.05, 4.69) is 15.3 Å². The van der Waals surface area contributed by atoms with E-state index in [4.69, 9.17) is 0 Å². The van der Waals surface area contributed by atoms with Gasteiger partial charge < -0.3 is 10.3 Å². The Morgan fingerprint density at radius 1 is 1.00 bits per heavy atom. The van der Waals surface area contributed by atoms with Gasteiger partial charge in [0.1, 0.15) is 5.82 Å². The number of sulfone groups is 1. The van der Waals surface area contributed by atoms with Crippen LogP contribution in [0.3, 0.4) is 0 Å². The molecule has 0 aliphatic rings. The van der Waals surface area contributed by atoms with Crippen molar-refractivity contribution >= 4 is 26.8 Å². The highest BCUT2D eigenvalue weighted by molar-refractivity contribution is 7.92. The first-order valence-corrected chi connectivity index (χ1v) is 10.8. The van der Waals surface area contributed by atoms with E-state index in [9.17, 15) is 13.2 Å². The number of aromatic nitrogens is 2. The Kier molecular flexibility index (Phi) is 5.56. The molecule has 2 aromatic carbocycles. The summed E-state index contributed by atoms with van der Waals surface area (Å²) >= 11 is 0. The van der Waals surface area contributed by atoms with Crippen molar-refractivity contribution < 1.29 is 13.2 Å². The third kappa shape index (κ3) is 3.94. The second-order valence-corrected chi connectivity index (χ2v) is 9.96. The molecule has 6 nitrogen and oxygen atoms in total. The van der Waals surface area contributed by atoms with Gasteiger partial charge in [-0.3, -0.25) is 4.79 Å². The molecule has 0 aliphatic carbocycles. The number of nitrogens with one attached hydrogen (secondary N) is 2. The quantitative estimate of drug-likeness (QED) is 0.658. The van der Waals surface area contributed by atoms with Crippen molar-refractivity contribution in [3.8, 4) is 0 Å². The largest absolute Gasteiger partial charge is 0.342 e. The van der Waals surface area contributed by atoms with Crippen molar-refractivity contribution in [1.82, 2.24) is 15.3 Å². The molecule has 0 spiro atoms. The van der Waals surface area contributed by atoms with Gasteiger partial charge in [0.2, 0.25) is 0 Å². The van der Waals surface area contributed by atoms with Crippen molar-refractivity contribution in [2.45, 2.75) is 43.9 Å². The zero-order valence-electron chi connectivity index (χ0n) is 16.4. The predicted octanol–water partition coefficient (Wildman–Crippen LogP) is 3.87. The number of imidazole rings is 1. The van der Waals surface area contributed by atoms with Crippen LogP contribution in [-0.2, 0) is 9.84 Å². The molecule has 1 atom stereocenters. The molecule has 0 radical (unpaired) electrons. The van der Waals surface area contributed by atoms with Gasteiger partial charge in [0.05, 0.1) is 27.2 Å². The number of H-pyrrole nitrogens is 1. The zero-order valence-corrected chi connectivity index (χ0v) is 17.2. The second kappa shape index (κ2) is 7.75. The molecule has 2 N–H and O–H groups in total. The molecule has 7 heteroatoms. The van der Waals surface area contributed by atoms with Crippen LogP contribution in [0, 0.1) is 5.92 Å².